The molecule has 0 aliphatic rings. The van der Waals surface area contributed by atoms with Gasteiger partial charge in [-0.1, -0.05) is 29.3 Å². The molecule has 0 aromatic heterocycles. The van der Waals surface area contributed by atoms with Crippen LogP contribution in [-0.4, -0.2) is 13.3 Å². The van der Waals surface area contributed by atoms with Gasteiger partial charge < -0.3 is 4.18 Å². The van der Waals surface area contributed by atoms with Gasteiger partial charge in [-0.25, -0.2) is 0 Å². The van der Waals surface area contributed by atoms with Gasteiger partial charge in [-0.2, -0.15) is 8.42 Å². The van der Waals surface area contributed by atoms with Crippen LogP contribution in [0, 0.1) is 17.0 Å². The minimum absolute atomic E-state index is 0.137. The van der Waals surface area contributed by atoms with Gasteiger partial charge in [0.05, 0.1) is 9.95 Å². The Hall–Kier alpha value is -1.83. The lowest BCUT2D eigenvalue weighted by Crippen LogP contribution is -2.11. The molecular formula is C13H9Cl2NO5S. The normalized spacial score (nSPS) is 11.2. The maximum absolute atomic E-state index is 12.2. The maximum Gasteiger partial charge on any atom is 0.340 e. The van der Waals surface area contributed by atoms with Gasteiger partial charge in [0.1, 0.15) is 4.90 Å². The Morgan fingerprint density at radius 1 is 1.14 bits per heavy atom. The summed E-state index contributed by atoms with van der Waals surface area (Å²) >= 11 is 11.5. The summed E-state index contributed by atoms with van der Waals surface area (Å²) in [7, 11) is -4.32. The molecule has 116 valence electrons. The molecule has 2 aromatic carbocycles. The molecule has 0 amide bonds. The Bertz CT molecular complexity index is 852. The van der Waals surface area contributed by atoms with E-state index in [0.29, 0.717) is 5.56 Å². The second-order valence-corrected chi connectivity index (χ2v) is 6.70. The molecule has 0 fully saturated rings. The predicted molar refractivity (Wildman–Crippen MR) is 82.1 cm³/mol. The van der Waals surface area contributed by atoms with Gasteiger partial charge >= 0.3 is 15.8 Å². The summed E-state index contributed by atoms with van der Waals surface area (Å²) in [6, 6.07) is 7.67. The molecule has 0 radical (unpaired) electrons. The number of benzene rings is 2. The van der Waals surface area contributed by atoms with E-state index in [1.54, 1.807) is 6.92 Å². The van der Waals surface area contributed by atoms with Crippen LogP contribution in [0.1, 0.15) is 5.56 Å². The Morgan fingerprint density at radius 2 is 1.82 bits per heavy atom. The minimum Gasteiger partial charge on any atom is -0.372 e. The van der Waals surface area contributed by atoms with Crippen molar-refractivity contribution >= 4 is 39.0 Å². The van der Waals surface area contributed by atoms with Gasteiger partial charge in [-0.05, 0) is 36.8 Å². The second-order valence-electron chi connectivity index (χ2n) is 4.34. The number of hydrogen-bond acceptors (Lipinski definition) is 5. The molecule has 0 N–H and O–H groups in total. The third kappa shape index (κ3) is 3.49. The fourth-order valence-corrected chi connectivity index (χ4v) is 3.37. The first-order valence-corrected chi connectivity index (χ1v) is 8.02. The van der Waals surface area contributed by atoms with Crippen LogP contribution in [0.25, 0.3) is 0 Å². The highest BCUT2D eigenvalue weighted by molar-refractivity contribution is 7.87. The summed E-state index contributed by atoms with van der Waals surface area (Å²) in [5, 5.41) is 11.1. The monoisotopic (exact) mass is 361 g/mol. The van der Waals surface area contributed by atoms with Crippen molar-refractivity contribution in [2.45, 2.75) is 11.8 Å². The predicted octanol–water partition coefficient (Wildman–Crippen LogP) is 3.98. The van der Waals surface area contributed by atoms with Crippen LogP contribution >= 0.6 is 23.2 Å². The quantitative estimate of drug-likeness (QED) is 0.467. The highest BCUT2D eigenvalue weighted by atomic mass is 35.5. The minimum atomic E-state index is -4.32. The van der Waals surface area contributed by atoms with Crippen molar-refractivity contribution < 1.29 is 17.5 Å². The summed E-state index contributed by atoms with van der Waals surface area (Å²) in [5.74, 6) is -0.387. The van der Waals surface area contributed by atoms with Gasteiger partial charge in [-0.15, -0.1) is 0 Å². The van der Waals surface area contributed by atoms with E-state index in [0.717, 1.165) is 0 Å². The van der Waals surface area contributed by atoms with E-state index in [1.807, 2.05) is 0 Å². The first-order valence-electron chi connectivity index (χ1n) is 5.85. The van der Waals surface area contributed by atoms with Gasteiger partial charge in [0.25, 0.3) is 0 Å². The standard InChI is InChI=1S/C13H9Cl2NO5S/c1-8-2-4-12(11(6-8)16(17)18)21-22(19,20)13-5-3-9(14)7-10(13)15/h2-7H,1H3. The van der Waals surface area contributed by atoms with E-state index in [4.69, 9.17) is 27.4 Å². The van der Waals surface area contributed by atoms with Crippen molar-refractivity contribution in [1.82, 2.24) is 0 Å². The third-order valence-electron chi connectivity index (χ3n) is 2.67. The fourth-order valence-electron chi connectivity index (χ4n) is 1.68. The zero-order valence-electron chi connectivity index (χ0n) is 11.1. The number of rotatable bonds is 4. The van der Waals surface area contributed by atoms with Crippen LogP contribution in [0.3, 0.4) is 0 Å². The summed E-state index contributed by atoms with van der Waals surface area (Å²) in [5.41, 5.74) is 0.148. The molecule has 2 aromatic rings. The fraction of sp³-hybridized carbons (Fsp3) is 0.0769. The first-order chi connectivity index (χ1) is 10.2. The lowest BCUT2D eigenvalue weighted by Gasteiger charge is -2.09. The molecule has 0 spiro atoms. The van der Waals surface area contributed by atoms with E-state index in [9.17, 15) is 18.5 Å². The van der Waals surface area contributed by atoms with Crippen LogP contribution in [0.4, 0.5) is 5.69 Å². The number of halogens is 2. The lowest BCUT2D eigenvalue weighted by molar-refractivity contribution is -0.385. The second kappa shape index (κ2) is 6.12. The van der Waals surface area contributed by atoms with Crippen molar-refractivity contribution in [3.8, 4) is 5.75 Å². The molecule has 0 heterocycles. The van der Waals surface area contributed by atoms with Crippen LogP contribution in [-0.2, 0) is 10.1 Å². The molecule has 0 saturated heterocycles. The SMILES string of the molecule is Cc1ccc(OS(=O)(=O)c2ccc(Cl)cc2Cl)c([N+](=O)[O-])c1. The van der Waals surface area contributed by atoms with Crippen LogP contribution < -0.4 is 4.18 Å². The molecule has 0 aliphatic carbocycles. The van der Waals surface area contributed by atoms with Crippen molar-refractivity contribution in [3.05, 3.63) is 62.1 Å². The summed E-state index contributed by atoms with van der Waals surface area (Å²) in [6.07, 6.45) is 0. The smallest absolute Gasteiger partial charge is 0.340 e. The van der Waals surface area contributed by atoms with Crippen LogP contribution in [0.15, 0.2) is 41.3 Å². The zero-order valence-corrected chi connectivity index (χ0v) is 13.4. The molecule has 6 nitrogen and oxygen atoms in total. The Morgan fingerprint density at radius 3 is 2.41 bits per heavy atom. The van der Waals surface area contributed by atoms with Gasteiger partial charge in [0, 0.05) is 11.1 Å². The number of nitro groups is 1. The number of aryl methyl sites for hydroxylation is 1. The van der Waals surface area contributed by atoms with Gasteiger partial charge in [0.2, 0.25) is 5.75 Å². The summed E-state index contributed by atoms with van der Waals surface area (Å²) in [6.45, 7) is 1.64. The van der Waals surface area contributed by atoms with Crippen molar-refractivity contribution in [2.24, 2.45) is 0 Å². The average Bonchev–Trinajstić information content (AvgIpc) is 2.39. The number of nitrogens with zero attached hydrogens (tertiary/aromatic N) is 1. The molecule has 0 aliphatic heterocycles. The molecule has 22 heavy (non-hydrogen) atoms. The topological polar surface area (TPSA) is 86.5 Å². The van der Waals surface area contributed by atoms with E-state index < -0.39 is 20.7 Å². The lowest BCUT2D eigenvalue weighted by atomic mass is 10.2. The van der Waals surface area contributed by atoms with Crippen molar-refractivity contribution in [3.63, 3.8) is 0 Å². The number of hydrogen-bond donors (Lipinski definition) is 0. The largest absolute Gasteiger partial charge is 0.372 e. The van der Waals surface area contributed by atoms with E-state index in [2.05, 4.69) is 0 Å². The van der Waals surface area contributed by atoms with Crippen molar-refractivity contribution in [2.75, 3.05) is 0 Å². The van der Waals surface area contributed by atoms with E-state index >= 15 is 0 Å². The Labute approximate surface area is 136 Å². The maximum atomic E-state index is 12.2. The summed E-state index contributed by atoms with van der Waals surface area (Å²) < 4.78 is 29.3. The first kappa shape index (κ1) is 16.5. The summed E-state index contributed by atoms with van der Waals surface area (Å²) in [4.78, 5) is 9.95. The molecule has 2 rings (SSSR count). The zero-order chi connectivity index (χ0) is 16.5. The third-order valence-corrected chi connectivity index (χ3v) is 4.63. The van der Waals surface area contributed by atoms with Crippen molar-refractivity contribution in [1.29, 1.82) is 0 Å². The molecule has 0 atom stereocenters. The van der Waals surface area contributed by atoms with Crippen LogP contribution in [0.2, 0.25) is 10.0 Å². The molecule has 0 saturated carbocycles. The highest BCUT2D eigenvalue weighted by Crippen LogP contribution is 2.32. The van der Waals surface area contributed by atoms with Gasteiger partial charge in [-0.3, -0.25) is 10.1 Å². The Kier molecular flexibility index (Phi) is 4.60. The van der Waals surface area contributed by atoms with Crippen LogP contribution in [0.5, 0.6) is 5.75 Å². The van der Waals surface area contributed by atoms with Gasteiger partial charge in [0.15, 0.2) is 0 Å². The Balaban J connectivity index is 2.47. The number of nitro benzene ring substituents is 1. The highest BCUT2D eigenvalue weighted by Gasteiger charge is 2.25. The van der Waals surface area contributed by atoms with E-state index in [1.165, 1.54) is 36.4 Å². The van der Waals surface area contributed by atoms with E-state index in [-0.39, 0.29) is 20.7 Å². The molecule has 0 unspecified atom stereocenters. The molecular weight excluding hydrogens is 353 g/mol. The molecule has 0 bridgehead atoms. The molecule has 9 heteroatoms. The average molecular weight is 362 g/mol.